The van der Waals surface area contributed by atoms with Gasteiger partial charge in [0, 0.05) is 38.3 Å². The Balaban J connectivity index is 1.52. The minimum absolute atomic E-state index is 0.0992. The molecule has 1 aliphatic heterocycles. The summed E-state index contributed by atoms with van der Waals surface area (Å²) in [5, 5.41) is 0. The lowest BCUT2D eigenvalue weighted by Gasteiger charge is -2.35. The van der Waals surface area contributed by atoms with Gasteiger partial charge >= 0.3 is 6.18 Å². The van der Waals surface area contributed by atoms with Crippen LogP contribution in [0, 0.1) is 6.92 Å². The highest BCUT2D eigenvalue weighted by atomic mass is 19.4. The van der Waals surface area contributed by atoms with E-state index in [1.54, 1.807) is 29.2 Å². The van der Waals surface area contributed by atoms with Gasteiger partial charge in [-0.1, -0.05) is 42.0 Å². The molecular formula is C22H25F3N2O2. The molecule has 1 aliphatic rings. The average Bonchev–Trinajstić information content (AvgIpc) is 2.67. The van der Waals surface area contributed by atoms with Crippen molar-refractivity contribution in [3.05, 3.63) is 70.8 Å². The summed E-state index contributed by atoms with van der Waals surface area (Å²) >= 11 is 0. The molecule has 0 N–H and O–H groups in total. The molecule has 0 atom stereocenters. The molecule has 1 saturated heterocycles. The highest BCUT2D eigenvalue weighted by Gasteiger charge is 2.27. The number of carbonyl (C=O) groups is 1. The van der Waals surface area contributed by atoms with Gasteiger partial charge in [0.2, 0.25) is 0 Å². The lowest BCUT2D eigenvalue weighted by Crippen LogP contribution is -2.48. The second kappa shape index (κ2) is 9.41. The molecule has 0 aliphatic carbocycles. The number of halogens is 3. The minimum atomic E-state index is -4.36. The van der Waals surface area contributed by atoms with E-state index in [9.17, 15) is 18.0 Å². The summed E-state index contributed by atoms with van der Waals surface area (Å²) in [6, 6.07) is 15.0. The van der Waals surface area contributed by atoms with Crippen molar-refractivity contribution in [1.82, 2.24) is 9.80 Å². The summed E-state index contributed by atoms with van der Waals surface area (Å²) in [4.78, 5) is 16.9. The summed E-state index contributed by atoms with van der Waals surface area (Å²) in [7, 11) is 0. The number of amides is 1. The second-order valence-electron chi connectivity index (χ2n) is 7.37. The molecule has 3 rings (SSSR count). The number of carbonyl (C=O) groups excluding carboxylic acids is 1. The van der Waals surface area contributed by atoms with Crippen LogP contribution in [0.3, 0.4) is 0 Å². The fourth-order valence-corrected chi connectivity index (χ4v) is 3.44. The monoisotopic (exact) mass is 406 g/mol. The third-order valence-electron chi connectivity index (χ3n) is 4.86. The Labute approximate surface area is 168 Å². The van der Waals surface area contributed by atoms with Crippen molar-refractivity contribution in [2.75, 3.05) is 32.8 Å². The van der Waals surface area contributed by atoms with Crippen LogP contribution >= 0.6 is 0 Å². The fraction of sp³-hybridized carbons (Fsp3) is 0.409. The molecule has 2 aromatic carbocycles. The van der Waals surface area contributed by atoms with Gasteiger partial charge in [-0.2, -0.15) is 13.2 Å². The zero-order valence-electron chi connectivity index (χ0n) is 16.4. The van der Waals surface area contributed by atoms with Crippen molar-refractivity contribution in [2.45, 2.75) is 26.3 Å². The molecule has 156 valence electrons. The van der Waals surface area contributed by atoms with Crippen LogP contribution in [0.1, 0.15) is 27.0 Å². The van der Waals surface area contributed by atoms with Gasteiger partial charge in [-0.05, 0) is 30.2 Å². The molecule has 0 saturated carbocycles. The van der Waals surface area contributed by atoms with E-state index in [0.717, 1.165) is 19.6 Å². The Kier molecular flexibility index (Phi) is 6.92. The molecule has 0 bridgehead atoms. The van der Waals surface area contributed by atoms with Crippen LogP contribution in [-0.2, 0) is 17.9 Å². The predicted molar refractivity (Wildman–Crippen MR) is 105 cm³/mol. The first-order valence-electron chi connectivity index (χ1n) is 9.61. The molecule has 1 heterocycles. The van der Waals surface area contributed by atoms with E-state index in [1.165, 1.54) is 11.1 Å². The van der Waals surface area contributed by atoms with Crippen molar-refractivity contribution in [2.24, 2.45) is 0 Å². The molecular weight excluding hydrogens is 381 g/mol. The van der Waals surface area contributed by atoms with Crippen molar-refractivity contribution in [3.8, 4) is 0 Å². The van der Waals surface area contributed by atoms with E-state index in [0.29, 0.717) is 24.2 Å². The highest BCUT2D eigenvalue weighted by molar-refractivity contribution is 5.94. The number of hydrogen-bond acceptors (Lipinski definition) is 3. The molecule has 1 amide bonds. The molecule has 1 fully saturated rings. The number of piperazine rings is 1. The number of ether oxygens (including phenoxy) is 1. The van der Waals surface area contributed by atoms with Gasteiger partial charge in [-0.3, -0.25) is 9.69 Å². The van der Waals surface area contributed by atoms with Crippen LogP contribution in [0.2, 0.25) is 0 Å². The van der Waals surface area contributed by atoms with Gasteiger partial charge in [-0.15, -0.1) is 0 Å². The lowest BCUT2D eigenvalue weighted by molar-refractivity contribution is -0.176. The minimum Gasteiger partial charge on any atom is -0.367 e. The summed E-state index contributed by atoms with van der Waals surface area (Å²) in [5.41, 5.74) is 3.52. The number of nitrogens with zero attached hydrogens (tertiary/aromatic N) is 2. The quantitative estimate of drug-likeness (QED) is 0.726. The number of benzene rings is 2. The van der Waals surface area contributed by atoms with E-state index < -0.39 is 12.8 Å². The van der Waals surface area contributed by atoms with E-state index >= 15 is 0 Å². The zero-order valence-corrected chi connectivity index (χ0v) is 16.4. The lowest BCUT2D eigenvalue weighted by atomic mass is 10.1. The molecule has 0 aromatic heterocycles. The summed E-state index contributed by atoms with van der Waals surface area (Å²) in [6.45, 7) is 4.28. The van der Waals surface area contributed by atoms with Crippen molar-refractivity contribution >= 4 is 5.91 Å². The van der Waals surface area contributed by atoms with Gasteiger partial charge in [0.05, 0.1) is 6.61 Å². The second-order valence-corrected chi connectivity index (χ2v) is 7.37. The van der Waals surface area contributed by atoms with E-state index in [4.69, 9.17) is 0 Å². The molecule has 0 radical (unpaired) electrons. The van der Waals surface area contributed by atoms with E-state index in [1.807, 2.05) is 0 Å². The topological polar surface area (TPSA) is 32.8 Å². The van der Waals surface area contributed by atoms with E-state index in [-0.39, 0.29) is 12.5 Å². The Bertz CT molecular complexity index is 831. The largest absolute Gasteiger partial charge is 0.411 e. The van der Waals surface area contributed by atoms with Gasteiger partial charge < -0.3 is 9.64 Å². The third kappa shape index (κ3) is 6.58. The Morgan fingerprint density at radius 2 is 1.69 bits per heavy atom. The molecule has 7 heteroatoms. The first-order valence-corrected chi connectivity index (χ1v) is 9.61. The fourth-order valence-electron chi connectivity index (χ4n) is 3.44. The van der Waals surface area contributed by atoms with Crippen LogP contribution in [-0.4, -0.2) is 54.7 Å². The van der Waals surface area contributed by atoms with Crippen LogP contribution in [0.15, 0.2) is 48.5 Å². The summed E-state index contributed by atoms with van der Waals surface area (Å²) in [6.07, 6.45) is -4.36. The smallest absolute Gasteiger partial charge is 0.367 e. The molecule has 0 spiro atoms. The SMILES string of the molecule is Cc1cccc(CN2CCN(C(=O)c3cccc(COCC(F)(F)F)c3)CC2)c1. The molecule has 0 unspecified atom stereocenters. The molecule has 4 nitrogen and oxygen atoms in total. The van der Waals surface area contributed by atoms with Crippen LogP contribution < -0.4 is 0 Å². The number of hydrogen-bond donors (Lipinski definition) is 0. The van der Waals surface area contributed by atoms with Gasteiger partial charge in [0.15, 0.2) is 0 Å². The van der Waals surface area contributed by atoms with Crippen molar-refractivity contribution in [3.63, 3.8) is 0 Å². The normalized spacial score (nSPS) is 15.5. The Hall–Kier alpha value is -2.38. The van der Waals surface area contributed by atoms with Crippen LogP contribution in [0.25, 0.3) is 0 Å². The Morgan fingerprint density at radius 3 is 2.38 bits per heavy atom. The first kappa shape index (κ1) is 21.3. The standard InChI is InChI=1S/C22H25F3N2O2/c1-17-4-2-5-18(12-17)14-26-8-10-27(11-9-26)21(28)20-7-3-6-19(13-20)15-29-16-22(23,24)25/h2-7,12-13H,8-11,14-16H2,1H3. The maximum Gasteiger partial charge on any atom is 0.411 e. The summed E-state index contributed by atoms with van der Waals surface area (Å²) < 4.78 is 41.3. The Morgan fingerprint density at radius 1 is 1.00 bits per heavy atom. The van der Waals surface area contributed by atoms with Gasteiger partial charge in [0.1, 0.15) is 6.61 Å². The first-order chi connectivity index (χ1) is 13.8. The number of aryl methyl sites for hydroxylation is 1. The summed E-state index contributed by atoms with van der Waals surface area (Å²) in [5.74, 6) is -0.0992. The average molecular weight is 406 g/mol. The number of rotatable bonds is 6. The number of alkyl halides is 3. The van der Waals surface area contributed by atoms with E-state index in [2.05, 4.69) is 40.8 Å². The van der Waals surface area contributed by atoms with Crippen molar-refractivity contribution in [1.29, 1.82) is 0 Å². The molecule has 2 aromatic rings. The highest BCUT2D eigenvalue weighted by Crippen LogP contribution is 2.17. The third-order valence-corrected chi connectivity index (χ3v) is 4.86. The predicted octanol–water partition coefficient (Wildman–Crippen LogP) is 4.03. The van der Waals surface area contributed by atoms with Crippen LogP contribution in [0.4, 0.5) is 13.2 Å². The van der Waals surface area contributed by atoms with Gasteiger partial charge in [-0.25, -0.2) is 0 Å². The molecule has 29 heavy (non-hydrogen) atoms. The van der Waals surface area contributed by atoms with Crippen LogP contribution in [0.5, 0.6) is 0 Å². The maximum absolute atomic E-state index is 12.8. The zero-order chi connectivity index (χ0) is 20.9. The van der Waals surface area contributed by atoms with Crippen molar-refractivity contribution < 1.29 is 22.7 Å². The maximum atomic E-state index is 12.8. The van der Waals surface area contributed by atoms with Gasteiger partial charge in [0.25, 0.3) is 5.91 Å².